The highest BCUT2D eigenvalue weighted by atomic mass is 35.5. The Morgan fingerprint density at radius 3 is 2.41 bits per heavy atom. The van der Waals surface area contributed by atoms with Crippen molar-refractivity contribution in [2.45, 2.75) is 53.4 Å². The first-order chi connectivity index (χ1) is 12.6. The Morgan fingerprint density at radius 2 is 1.89 bits per heavy atom. The van der Waals surface area contributed by atoms with Crippen LogP contribution in [0.2, 0.25) is 15.1 Å². The molecule has 1 N–H and O–H groups in total. The van der Waals surface area contributed by atoms with E-state index in [-0.39, 0.29) is 39.8 Å². The zero-order valence-corrected chi connectivity index (χ0v) is 18.2. The number of hydrogen-bond donors (Lipinski definition) is 1. The molecule has 0 fully saturated rings. The highest BCUT2D eigenvalue weighted by Crippen LogP contribution is 2.38. The summed E-state index contributed by atoms with van der Waals surface area (Å²) in [5.74, 6) is 0.346. The first-order valence-electron chi connectivity index (χ1n) is 8.93. The highest BCUT2D eigenvalue weighted by molar-refractivity contribution is 6.42. The van der Waals surface area contributed by atoms with E-state index in [1.54, 1.807) is 0 Å². The van der Waals surface area contributed by atoms with Gasteiger partial charge in [-0.25, -0.2) is 0 Å². The van der Waals surface area contributed by atoms with Gasteiger partial charge in [-0.15, -0.1) is 0 Å². The molecule has 5 nitrogen and oxygen atoms in total. The number of amidine groups is 1. The summed E-state index contributed by atoms with van der Waals surface area (Å²) in [4.78, 5) is 25.2. The van der Waals surface area contributed by atoms with Crippen molar-refractivity contribution >= 4 is 58.1 Å². The summed E-state index contributed by atoms with van der Waals surface area (Å²) in [7, 11) is 0. The minimum Gasteiger partial charge on any atom is -0.312 e. The lowest BCUT2D eigenvalue weighted by molar-refractivity contribution is -0.129. The third kappa shape index (κ3) is 5.15. The van der Waals surface area contributed by atoms with Gasteiger partial charge in [0, 0.05) is 10.4 Å². The molecule has 27 heavy (non-hydrogen) atoms. The number of anilines is 1. The van der Waals surface area contributed by atoms with Gasteiger partial charge in [-0.05, 0) is 37.3 Å². The molecule has 1 aliphatic rings. The van der Waals surface area contributed by atoms with Crippen LogP contribution in [0.1, 0.15) is 53.4 Å². The van der Waals surface area contributed by atoms with E-state index in [4.69, 9.17) is 34.8 Å². The third-order valence-corrected chi connectivity index (χ3v) is 5.62. The van der Waals surface area contributed by atoms with E-state index in [1.165, 1.54) is 12.1 Å². The summed E-state index contributed by atoms with van der Waals surface area (Å²) < 4.78 is 0. The van der Waals surface area contributed by atoms with E-state index in [0.29, 0.717) is 17.4 Å². The quantitative estimate of drug-likeness (QED) is 0.630. The summed E-state index contributed by atoms with van der Waals surface area (Å²) in [6.07, 6.45) is 2.40. The maximum atomic E-state index is 12.8. The SMILES string of the molecule is CCC(C)(CCC(C)C)C(=O)NC1=NN(c2c(Cl)cc(Cl)cc2Cl)C(=O)C1. The number of hydrogen-bond acceptors (Lipinski definition) is 3. The molecule has 1 atom stereocenters. The second-order valence-electron chi connectivity index (χ2n) is 7.45. The fourth-order valence-corrected chi connectivity index (χ4v) is 3.73. The van der Waals surface area contributed by atoms with Gasteiger partial charge in [0.25, 0.3) is 5.91 Å². The number of nitrogens with zero attached hydrogens (tertiary/aromatic N) is 2. The van der Waals surface area contributed by atoms with Gasteiger partial charge < -0.3 is 5.32 Å². The molecule has 0 bridgehead atoms. The number of nitrogens with one attached hydrogen (secondary N) is 1. The summed E-state index contributed by atoms with van der Waals surface area (Å²) >= 11 is 18.3. The standard InChI is InChI=1S/C19H24Cl3N3O2/c1-5-19(4,7-6-11(2)3)18(27)23-15-10-16(26)25(24-15)17-13(21)8-12(20)9-14(17)22/h8-9,11H,5-7,10H2,1-4H3,(H,23,24,27). The van der Waals surface area contributed by atoms with Gasteiger partial charge in [-0.1, -0.05) is 62.5 Å². The van der Waals surface area contributed by atoms with Gasteiger partial charge in [0.1, 0.15) is 11.5 Å². The Hall–Kier alpha value is -1.30. The maximum Gasteiger partial charge on any atom is 0.255 e. The predicted molar refractivity (Wildman–Crippen MR) is 112 cm³/mol. The molecule has 0 saturated heterocycles. The number of carbonyl (C=O) groups excluding carboxylic acids is 2. The number of benzene rings is 1. The molecule has 8 heteroatoms. The number of halogens is 3. The minimum atomic E-state index is -0.515. The van der Waals surface area contributed by atoms with Crippen molar-refractivity contribution in [2.24, 2.45) is 16.4 Å². The van der Waals surface area contributed by atoms with Crippen LogP contribution in [0.25, 0.3) is 0 Å². The van der Waals surface area contributed by atoms with Crippen LogP contribution in [0.4, 0.5) is 5.69 Å². The van der Waals surface area contributed by atoms with Crippen LogP contribution in [-0.2, 0) is 9.59 Å². The molecule has 1 aromatic rings. The van der Waals surface area contributed by atoms with Crippen LogP contribution >= 0.6 is 34.8 Å². The fraction of sp³-hybridized carbons (Fsp3) is 0.526. The smallest absolute Gasteiger partial charge is 0.255 e. The van der Waals surface area contributed by atoms with Gasteiger partial charge in [-0.2, -0.15) is 10.1 Å². The van der Waals surface area contributed by atoms with Crippen molar-refractivity contribution in [3.05, 3.63) is 27.2 Å². The van der Waals surface area contributed by atoms with Crippen LogP contribution in [-0.4, -0.2) is 17.6 Å². The second kappa shape index (κ2) is 8.80. The molecular formula is C19H24Cl3N3O2. The Balaban J connectivity index is 2.20. The van der Waals surface area contributed by atoms with Crippen LogP contribution in [0, 0.1) is 11.3 Å². The molecule has 148 valence electrons. The number of hydrazone groups is 1. The van der Waals surface area contributed by atoms with Crippen LogP contribution in [0.15, 0.2) is 17.2 Å². The zero-order chi connectivity index (χ0) is 20.4. The molecule has 0 saturated carbocycles. The highest BCUT2D eigenvalue weighted by Gasteiger charge is 2.35. The number of rotatable bonds is 6. The fourth-order valence-electron chi connectivity index (χ4n) is 2.75. The molecule has 1 heterocycles. The Bertz CT molecular complexity index is 756. The molecule has 0 aromatic heterocycles. The van der Waals surface area contributed by atoms with E-state index in [1.807, 2.05) is 13.8 Å². The van der Waals surface area contributed by atoms with Crippen molar-refractivity contribution in [3.63, 3.8) is 0 Å². The lowest BCUT2D eigenvalue weighted by Crippen LogP contribution is -2.41. The van der Waals surface area contributed by atoms with Crippen molar-refractivity contribution in [1.29, 1.82) is 0 Å². The van der Waals surface area contributed by atoms with E-state index in [0.717, 1.165) is 17.9 Å². The lowest BCUT2D eigenvalue weighted by Gasteiger charge is -2.27. The number of amides is 2. The predicted octanol–water partition coefficient (Wildman–Crippen LogP) is 5.67. The van der Waals surface area contributed by atoms with Gasteiger partial charge >= 0.3 is 0 Å². The van der Waals surface area contributed by atoms with E-state index in [2.05, 4.69) is 24.3 Å². The van der Waals surface area contributed by atoms with Crippen molar-refractivity contribution < 1.29 is 9.59 Å². The van der Waals surface area contributed by atoms with Crippen LogP contribution in [0.5, 0.6) is 0 Å². The van der Waals surface area contributed by atoms with Crippen LogP contribution in [0.3, 0.4) is 0 Å². The lowest BCUT2D eigenvalue weighted by atomic mass is 9.80. The number of carbonyl (C=O) groups is 2. The molecule has 2 rings (SSSR count). The van der Waals surface area contributed by atoms with E-state index >= 15 is 0 Å². The molecule has 2 amide bonds. The van der Waals surface area contributed by atoms with Gasteiger partial charge in [0.15, 0.2) is 0 Å². The van der Waals surface area contributed by atoms with Crippen molar-refractivity contribution in [3.8, 4) is 0 Å². The van der Waals surface area contributed by atoms with Crippen molar-refractivity contribution in [2.75, 3.05) is 5.01 Å². The largest absolute Gasteiger partial charge is 0.312 e. The molecule has 0 aliphatic carbocycles. The van der Waals surface area contributed by atoms with Crippen LogP contribution < -0.4 is 10.3 Å². The first kappa shape index (κ1) is 22.0. The van der Waals surface area contributed by atoms with E-state index < -0.39 is 5.41 Å². The topological polar surface area (TPSA) is 61.8 Å². The molecule has 1 unspecified atom stereocenters. The maximum absolute atomic E-state index is 12.8. The summed E-state index contributed by atoms with van der Waals surface area (Å²) in [6, 6.07) is 2.98. The minimum absolute atomic E-state index is 0.0228. The molecule has 1 aliphatic heterocycles. The Labute approximate surface area is 175 Å². The monoisotopic (exact) mass is 431 g/mol. The molecule has 0 spiro atoms. The molecule has 1 aromatic carbocycles. The Morgan fingerprint density at radius 1 is 1.30 bits per heavy atom. The third-order valence-electron chi connectivity index (χ3n) is 4.83. The van der Waals surface area contributed by atoms with Gasteiger partial charge in [-0.3, -0.25) is 9.59 Å². The van der Waals surface area contributed by atoms with E-state index in [9.17, 15) is 9.59 Å². The first-order valence-corrected chi connectivity index (χ1v) is 10.1. The summed E-state index contributed by atoms with van der Waals surface area (Å²) in [6.45, 7) is 8.18. The average molecular weight is 433 g/mol. The molecule has 0 radical (unpaired) electrons. The summed E-state index contributed by atoms with van der Waals surface area (Å²) in [5.41, 5.74) is -0.256. The molecular weight excluding hydrogens is 409 g/mol. The second-order valence-corrected chi connectivity index (χ2v) is 8.70. The average Bonchev–Trinajstić information content (AvgIpc) is 2.91. The van der Waals surface area contributed by atoms with Gasteiger partial charge in [0.05, 0.1) is 16.5 Å². The normalized spacial score (nSPS) is 16.5. The zero-order valence-electron chi connectivity index (χ0n) is 15.9. The van der Waals surface area contributed by atoms with Crippen molar-refractivity contribution in [1.82, 2.24) is 5.32 Å². The Kier molecular flexibility index (Phi) is 7.17. The van der Waals surface area contributed by atoms with Gasteiger partial charge in [0.2, 0.25) is 5.91 Å². The summed E-state index contributed by atoms with van der Waals surface area (Å²) in [5, 5.41) is 8.95.